The van der Waals surface area contributed by atoms with Gasteiger partial charge in [-0.05, 0) is 36.2 Å². The fourth-order valence-corrected chi connectivity index (χ4v) is 3.09. The SMILES string of the molecule is CC(C)C(NC(=O)CNC(=O)c1ccc(Cl)c(Cl)c1)c1nc2ccccc2[nH]1. The molecule has 0 aliphatic rings. The number of carbonyl (C=O) groups is 2. The van der Waals surface area contributed by atoms with Gasteiger partial charge in [-0.2, -0.15) is 0 Å². The van der Waals surface area contributed by atoms with Crippen molar-refractivity contribution in [3.8, 4) is 0 Å². The first-order valence-corrected chi connectivity index (χ1v) is 9.58. The van der Waals surface area contributed by atoms with Crippen molar-refractivity contribution < 1.29 is 9.59 Å². The van der Waals surface area contributed by atoms with E-state index in [2.05, 4.69) is 20.6 Å². The first kappa shape index (κ1) is 20.2. The smallest absolute Gasteiger partial charge is 0.251 e. The van der Waals surface area contributed by atoms with E-state index in [9.17, 15) is 9.59 Å². The zero-order valence-corrected chi connectivity index (χ0v) is 16.9. The second-order valence-corrected chi connectivity index (χ2v) is 7.55. The normalized spacial score (nSPS) is 12.2. The fraction of sp³-hybridized carbons (Fsp3) is 0.250. The average Bonchev–Trinajstić information content (AvgIpc) is 3.09. The number of imidazole rings is 1. The van der Waals surface area contributed by atoms with Crippen molar-refractivity contribution >= 4 is 46.0 Å². The summed E-state index contributed by atoms with van der Waals surface area (Å²) in [5, 5.41) is 6.15. The van der Waals surface area contributed by atoms with Gasteiger partial charge in [-0.25, -0.2) is 4.98 Å². The molecule has 2 amide bonds. The molecule has 1 heterocycles. The van der Waals surface area contributed by atoms with Gasteiger partial charge in [0.15, 0.2) is 0 Å². The first-order valence-electron chi connectivity index (χ1n) is 8.82. The van der Waals surface area contributed by atoms with Gasteiger partial charge in [0.05, 0.1) is 33.7 Å². The molecule has 1 atom stereocenters. The van der Waals surface area contributed by atoms with Crippen LogP contribution in [0, 0.1) is 5.92 Å². The summed E-state index contributed by atoms with van der Waals surface area (Å²) >= 11 is 11.8. The lowest BCUT2D eigenvalue weighted by molar-refractivity contribution is -0.121. The summed E-state index contributed by atoms with van der Waals surface area (Å²) < 4.78 is 0. The van der Waals surface area contributed by atoms with Gasteiger partial charge in [0.25, 0.3) is 5.91 Å². The minimum Gasteiger partial charge on any atom is -0.344 e. The Labute approximate surface area is 172 Å². The second-order valence-electron chi connectivity index (χ2n) is 6.74. The Morgan fingerprint density at radius 3 is 2.54 bits per heavy atom. The molecule has 0 bridgehead atoms. The number of amides is 2. The second kappa shape index (κ2) is 8.63. The highest BCUT2D eigenvalue weighted by molar-refractivity contribution is 6.42. The number of carbonyl (C=O) groups excluding carboxylic acids is 2. The average molecular weight is 419 g/mol. The zero-order valence-electron chi connectivity index (χ0n) is 15.4. The lowest BCUT2D eigenvalue weighted by atomic mass is 10.0. The standard InChI is InChI=1S/C20H20Cl2N4O2/c1-11(2)18(19-24-15-5-3-4-6-16(15)25-19)26-17(27)10-23-20(28)12-7-8-13(21)14(22)9-12/h3-9,11,18H,10H2,1-2H3,(H,23,28)(H,24,25)(H,26,27). The Kier molecular flexibility index (Phi) is 6.21. The molecule has 3 N–H and O–H groups in total. The van der Waals surface area contributed by atoms with Gasteiger partial charge in [0, 0.05) is 5.56 Å². The number of aromatic nitrogens is 2. The van der Waals surface area contributed by atoms with E-state index in [-0.39, 0.29) is 29.4 Å². The zero-order chi connectivity index (χ0) is 20.3. The number of hydrogen-bond donors (Lipinski definition) is 3. The largest absolute Gasteiger partial charge is 0.344 e. The monoisotopic (exact) mass is 418 g/mol. The molecule has 3 rings (SSSR count). The van der Waals surface area contributed by atoms with Gasteiger partial charge in [-0.3, -0.25) is 9.59 Å². The topological polar surface area (TPSA) is 86.9 Å². The number of aromatic amines is 1. The van der Waals surface area contributed by atoms with E-state index in [4.69, 9.17) is 23.2 Å². The molecule has 0 spiro atoms. The van der Waals surface area contributed by atoms with Crippen LogP contribution in [-0.2, 0) is 4.79 Å². The Morgan fingerprint density at radius 2 is 1.86 bits per heavy atom. The van der Waals surface area contributed by atoms with Crippen molar-refractivity contribution in [3.05, 3.63) is 63.9 Å². The van der Waals surface area contributed by atoms with E-state index in [1.54, 1.807) is 6.07 Å². The molecule has 0 aliphatic carbocycles. The molecule has 0 fully saturated rings. The Hall–Kier alpha value is -2.57. The molecule has 6 nitrogen and oxygen atoms in total. The number of fused-ring (bicyclic) bond motifs is 1. The third-order valence-electron chi connectivity index (χ3n) is 4.28. The summed E-state index contributed by atoms with van der Waals surface area (Å²) in [5.74, 6) is 0.0711. The van der Waals surface area contributed by atoms with Crippen LogP contribution in [-0.4, -0.2) is 28.3 Å². The summed E-state index contributed by atoms with van der Waals surface area (Å²) in [4.78, 5) is 32.4. The van der Waals surface area contributed by atoms with Crippen LogP contribution < -0.4 is 10.6 Å². The number of H-pyrrole nitrogens is 1. The molecule has 8 heteroatoms. The van der Waals surface area contributed by atoms with Crippen LogP contribution in [0.1, 0.15) is 36.1 Å². The predicted octanol–water partition coefficient (Wildman–Crippen LogP) is 4.11. The van der Waals surface area contributed by atoms with E-state index >= 15 is 0 Å². The minimum absolute atomic E-state index is 0.107. The van der Waals surface area contributed by atoms with Gasteiger partial charge in [-0.1, -0.05) is 49.2 Å². The number of para-hydroxylation sites is 2. The molecule has 28 heavy (non-hydrogen) atoms. The van der Waals surface area contributed by atoms with E-state index in [0.29, 0.717) is 16.4 Å². The highest BCUT2D eigenvalue weighted by Gasteiger charge is 2.22. The lowest BCUT2D eigenvalue weighted by Gasteiger charge is -2.20. The first-order chi connectivity index (χ1) is 13.3. The van der Waals surface area contributed by atoms with Crippen molar-refractivity contribution in [1.29, 1.82) is 0 Å². The molecule has 0 aliphatic heterocycles. The molecular weight excluding hydrogens is 399 g/mol. The lowest BCUT2D eigenvalue weighted by Crippen LogP contribution is -2.40. The third-order valence-corrected chi connectivity index (χ3v) is 5.02. The van der Waals surface area contributed by atoms with Crippen LogP contribution in [0.2, 0.25) is 10.0 Å². The minimum atomic E-state index is -0.404. The van der Waals surface area contributed by atoms with Crippen molar-refractivity contribution in [2.75, 3.05) is 6.54 Å². The van der Waals surface area contributed by atoms with E-state index in [0.717, 1.165) is 11.0 Å². The van der Waals surface area contributed by atoms with Gasteiger partial charge >= 0.3 is 0 Å². The summed E-state index contributed by atoms with van der Waals surface area (Å²) in [6.45, 7) is 3.82. The van der Waals surface area contributed by atoms with E-state index in [1.807, 2.05) is 38.1 Å². The molecule has 0 saturated carbocycles. The van der Waals surface area contributed by atoms with Crippen LogP contribution in [0.4, 0.5) is 0 Å². The molecule has 146 valence electrons. The van der Waals surface area contributed by atoms with Gasteiger partial charge < -0.3 is 15.6 Å². The van der Waals surface area contributed by atoms with Gasteiger partial charge in [0.2, 0.25) is 5.91 Å². The van der Waals surface area contributed by atoms with Crippen LogP contribution in [0.15, 0.2) is 42.5 Å². The van der Waals surface area contributed by atoms with Gasteiger partial charge in [0.1, 0.15) is 5.82 Å². The number of halogens is 2. The van der Waals surface area contributed by atoms with E-state index < -0.39 is 5.91 Å². The van der Waals surface area contributed by atoms with Crippen LogP contribution in [0.3, 0.4) is 0 Å². The summed E-state index contributed by atoms with van der Waals surface area (Å²) in [6, 6.07) is 11.9. The Bertz CT molecular complexity index is 983. The molecule has 0 saturated heterocycles. The summed E-state index contributed by atoms with van der Waals surface area (Å²) in [7, 11) is 0. The highest BCUT2D eigenvalue weighted by atomic mass is 35.5. The van der Waals surface area contributed by atoms with Crippen molar-refractivity contribution in [3.63, 3.8) is 0 Å². The maximum absolute atomic E-state index is 12.4. The third kappa shape index (κ3) is 4.64. The number of hydrogen-bond acceptors (Lipinski definition) is 3. The molecule has 0 radical (unpaired) electrons. The van der Waals surface area contributed by atoms with Crippen LogP contribution >= 0.6 is 23.2 Å². The van der Waals surface area contributed by atoms with Crippen molar-refractivity contribution in [2.24, 2.45) is 5.92 Å². The number of rotatable bonds is 6. The van der Waals surface area contributed by atoms with E-state index in [1.165, 1.54) is 12.1 Å². The fourth-order valence-electron chi connectivity index (χ4n) is 2.80. The van der Waals surface area contributed by atoms with Crippen LogP contribution in [0.5, 0.6) is 0 Å². The quantitative estimate of drug-likeness (QED) is 0.562. The molecule has 2 aromatic carbocycles. The van der Waals surface area contributed by atoms with Crippen LogP contribution in [0.25, 0.3) is 11.0 Å². The predicted molar refractivity (Wildman–Crippen MR) is 111 cm³/mol. The molecule has 3 aromatic rings. The van der Waals surface area contributed by atoms with Crippen molar-refractivity contribution in [2.45, 2.75) is 19.9 Å². The molecular formula is C20H20Cl2N4O2. The maximum Gasteiger partial charge on any atom is 0.251 e. The van der Waals surface area contributed by atoms with Gasteiger partial charge in [-0.15, -0.1) is 0 Å². The number of benzene rings is 2. The number of nitrogens with one attached hydrogen (secondary N) is 3. The molecule has 1 aromatic heterocycles. The summed E-state index contributed by atoms with van der Waals surface area (Å²) in [6.07, 6.45) is 0. The highest BCUT2D eigenvalue weighted by Crippen LogP contribution is 2.23. The molecule has 1 unspecified atom stereocenters. The maximum atomic E-state index is 12.4. The number of nitrogens with zero attached hydrogens (tertiary/aromatic N) is 1. The Balaban J connectivity index is 1.64. The Morgan fingerprint density at radius 1 is 1.11 bits per heavy atom. The van der Waals surface area contributed by atoms with Crippen molar-refractivity contribution in [1.82, 2.24) is 20.6 Å². The summed E-state index contributed by atoms with van der Waals surface area (Å²) in [5.41, 5.74) is 2.08.